The highest BCUT2D eigenvalue weighted by molar-refractivity contribution is 5.94. The largest absolute Gasteiger partial charge is 0.484 e. The van der Waals surface area contributed by atoms with Crippen LogP contribution in [0.3, 0.4) is 0 Å². The summed E-state index contributed by atoms with van der Waals surface area (Å²) in [4.78, 5) is 55.6. The molecule has 340 valence electrons. The Balaban J connectivity index is 0.000000134. The second-order valence-corrected chi connectivity index (χ2v) is 17.7. The number of ether oxygens (including phenoxy) is 3. The van der Waals surface area contributed by atoms with Gasteiger partial charge >= 0.3 is 0 Å². The van der Waals surface area contributed by atoms with Crippen molar-refractivity contribution in [2.24, 2.45) is 11.3 Å². The van der Waals surface area contributed by atoms with Crippen molar-refractivity contribution in [3.63, 3.8) is 0 Å². The maximum Gasteiger partial charge on any atom is 0.291 e. The van der Waals surface area contributed by atoms with Gasteiger partial charge in [0.15, 0.2) is 19.8 Å². The first-order valence-electron chi connectivity index (χ1n) is 22.2. The van der Waals surface area contributed by atoms with Crippen molar-refractivity contribution in [3.05, 3.63) is 143 Å². The molecule has 1 fully saturated rings. The van der Waals surface area contributed by atoms with E-state index in [1.54, 1.807) is 11.9 Å². The van der Waals surface area contributed by atoms with Gasteiger partial charge in [0, 0.05) is 58.5 Å². The Morgan fingerprint density at radius 2 is 0.985 bits per heavy atom. The predicted octanol–water partition coefficient (Wildman–Crippen LogP) is 8.23. The lowest BCUT2D eigenvalue weighted by Gasteiger charge is -2.39. The number of aromatic nitrogens is 3. The van der Waals surface area contributed by atoms with Crippen molar-refractivity contribution in [1.82, 2.24) is 29.7 Å². The zero-order chi connectivity index (χ0) is 45.5. The summed E-state index contributed by atoms with van der Waals surface area (Å²) in [6.07, 6.45) is 4.69. The van der Waals surface area contributed by atoms with Crippen LogP contribution in [0.4, 0.5) is 0 Å². The highest BCUT2D eigenvalue weighted by atomic mass is 16.5. The molecule has 1 aliphatic carbocycles. The van der Waals surface area contributed by atoms with Crippen molar-refractivity contribution < 1.29 is 41.8 Å². The number of likely N-dealkylation sites (N-methyl/N-ethyl adjacent to an activating group) is 1. The molecule has 3 aromatic carbocycles. The molecule has 4 aliphatic rings. The van der Waals surface area contributed by atoms with Gasteiger partial charge in [0.1, 0.15) is 17.2 Å². The average molecular weight is 885 g/mol. The fourth-order valence-corrected chi connectivity index (χ4v) is 7.50. The molecule has 3 aromatic heterocycles. The first-order valence-corrected chi connectivity index (χ1v) is 22.2. The van der Waals surface area contributed by atoms with Crippen LogP contribution in [0, 0.1) is 11.3 Å². The van der Waals surface area contributed by atoms with Gasteiger partial charge in [-0.3, -0.25) is 14.4 Å². The van der Waals surface area contributed by atoms with Gasteiger partial charge in [-0.2, -0.15) is 0 Å². The molecule has 0 spiro atoms. The summed E-state index contributed by atoms with van der Waals surface area (Å²) in [6, 6.07) is 28.6. The maximum absolute atomic E-state index is 12.7. The number of fused-ring (bicyclic) bond motifs is 3. The number of oxazole rings is 3. The van der Waals surface area contributed by atoms with Crippen LogP contribution in [-0.2, 0) is 39.1 Å². The van der Waals surface area contributed by atoms with E-state index in [0.717, 1.165) is 66.7 Å². The van der Waals surface area contributed by atoms with E-state index in [4.69, 9.17) is 27.5 Å². The molecule has 3 amide bonds. The number of para-hydroxylation sites is 3. The molecule has 6 aromatic rings. The number of amides is 3. The molecule has 0 unspecified atom stereocenters. The third kappa shape index (κ3) is 11.3. The standard InChI is InChI=1S/C19H24N2O3.C17H18N2O3.C14H14N2O3/c1-13(19(2,3)4)21-11-10-15-17(18(21)22)24-16(20-15)12-23-14-8-6-5-7-9-14;20-17-16-14(8-9-19(17)10-12-6-7-12)18-15(22-16)11-21-13-4-2-1-3-5-13;1-16-8-7-11-13(14(16)17)19-12(15-11)9-18-10-5-3-2-4-6-10/h5-9,13H,10-12H2,1-4H3;1-5,12H,6-11H2;2-6H,7-9H2,1H3/t13-;;/m1../s1. The molecular formula is C50H56N6O9. The van der Waals surface area contributed by atoms with Gasteiger partial charge in [0.05, 0.1) is 17.1 Å². The number of rotatable bonds is 12. The van der Waals surface area contributed by atoms with Crippen LogP contribution in [0.15, 0.2) is 104 Å². The summed E-state index contributed by atoms with van der Waals surface area (Å²) in [6.45, 7) is 12.1. The topological polar surface area (TPSA) is 167 Å². The minimum Gasteiger partial charge on any atom is -0.484 e. The predicted molar refractivity (Wildman–Crippen MR) is 238 cm³/mol. The number of carbonyl (C=O) groups is 3. The summed E-state index contributed by atoms with van der Waals surface area (Å²) in [5.74, 6) is 5.22. The first-order chi connectivity index (χ1) is 31.4. The third-order valence-corrected chi connectivity index (χ3v) is 11.8. The Hall–Kier alpha value is -6.90. The van der Waals surface area contributed by atoms with Crippen LogP contribution in [-0.4, -0.2) is 86.6 Å². The van der Waals surface area contributed by atoms with E-state index in [2.05, 4.69) is 42.6 Å². The molecule has 3 aliphatic heterocycles. The summed E-state index contributed by atoms with van der Waals surface area (Å²) in [7, 11) is 1.76. The fraction of sp³-hybridized carbons (Fsp3) is 0.400. The summed E-state index contributed by atoms with van der Waals surface area (Å²) in [5, 5.41) is 0. The quantitative estimate of drug-likeness (QED) is 0.116. The number of nitrogens with zero attached hydrogens (tertiary/aromatic N) is 6. The Kier molecular flexibility index (Phi) is 13.7. The van der Waals surface area contributed by atoms with E-state index in [1.807, 2.05) is 101 Å². The van der Waals surface area contributed by atoms with Crippen LogP contribution in [0.1, 0.15) is 107 Å². The average Bonchev–Trinajstić information content (AvgIpc) is 3.65. The van der Waals surface area contributed by atoms with E-state index < -0.39 is 0 Å². The minimum atomic E-state index is -0.111. The normalized spacial score (nSPS) is 16.0. The molecule has 10 rings (SSSR count). The van der Waals surface area contributed by atoms with Crippen LogP contribution >= 0.6 is 0 Å². The number of carbonyl (C=O) groups excluding carboxylic acids is 3. The lowest BCUT2D eigenvalue weighted by molar-refractivity contribution is 0.0493. The van der Waals surface area contributed by atoms with E-state index in [0.29, 0.717) is 54.0 Å². The molecule has 65 heavy (non-hydrogen) atoms. The summed E-state index contributed by atoms with van der Waals surface area (Å²) in [5.41, 5.74) is 2.26. The fourth-order valence-electron chi connectivity index (χ4n) is 7.50. The van der Waals surface area contributed by atoms with E-state index >= 15 is 0 Å². The molecule has 1 atom stereocenters. The Morgan fingerprint density at radius 3 is 1.42 bits per heavy atom. The summed E-state index contributed by atoms with van der Waals surface area (Å²) < 4.78 is 33.7. The number of hydrogen-bond acceptors (Lipinski definition) is 12. The van der Waals surface area contributed by atoms with Crippen molar-refractivity contribution in [1.29, 1.82) is 0 Å². The van der Waals surface area contributed by atoms with Gasteiger partial charge in [-0.25, -0.2) is 15.0 Å². The van der Waals surface area contributed by atoms with Gasteiger partial charge in [-0.05, 0) is 67.5 Å². The molecule has 0 radical (unpaired) electrons. The minimum absolute atomic E-state index is 0.0203. The molecule has 0 N–H and O–H groups in total. The monoisotopic (exact) mass is 884 g/mol. The molecule has 0 bridgehead atoms. The van der Waals surface area contributed by atoms with E-state index in [9.17, 15) is 14.4 Å². The van der Waals surface area contributed by atoms with Crippen LogP contribution in [0.2, 0.25) is 0 Å². The molecule has 1 saturated carbocycles. The van der Waals surface area contributed by atoms with Gasteiger partial charge in [0.25, 0.3) is 17.7 Å². The van der Waals surface area contributed by atoms with Gasteiger partial charge in [-0.15, -0.1) is 0 Å². The molecule has 15 heteroatoms. The van der Waals surface area contributed by atoms with Crippen molar-refractivity contribution in [2.75, 3.05) is 33.2 Å². The molecule has 6 heterocycles. The lowest BCUT2D eigenvalue weighted by Crippen LogP contribution is -2.48. The number of benzene rings is 3. The highest BCUT2D eigenvalue weighted by Crippen LogP contribution is 2.32. The van der Waals surface area contributed by atoms with Gasteiger partial charge in [-0.1, -0.05) is 75.4 Å². The molecule has 15 nitrogen and oxygen atoms in total. The Bertz CT molecular complexity index is 2540. The van der Waals surface area contributed by atoms with Crippen LogP contribution in [0.25, 0.3) is 0 Å². The third-order valence-electron chi connectivity index (χ3n) is 11.8. The van der Waals surface area contributed by atoms with Crippen molar-refractivity contribution in [2.45, 2.75) is 85.7 Å². The van der Waals surface area contributed by atoms with Crippen LogP contribution in [0.5, 0.6) is 17.2 Å². The second kappa shape index (κ2) is 19.9. The highest BCUT2D eigenvalue weighted by Gasteiger charge is 2.37. The van der Waals surface area contributed by atoms with Crippen LogP contribution < -0.4 is 14.2 Å². The molecule has 0 saturated heterocycles. The Morgan fingerprint density at radius 1 is 0.585 bits per heavy atom. The van der Waals surface area contributed by atoms with Crippen molar-refractivity contribution in [3.8, 4) is 17.2 Å². The second-order valence-electron chi connectivity index (χ2n) is 17.7. The van der Waals surface area contributed by atoms with E-state index in [1.165, 1.54) is 12.8 Å². The SMILES string of the molecule is CN1CCc2nc(COc3ccccc3)oc2C1=O.C[C@@H](N1CCc2nc(COc3ccccc3)oc2C1=O)C(C)(C)C.O=C1c2oc(COc3ccccc3)nc2CCN1CC1CC1. The Labute approximate surface area is 378 Å². The zero-order valence-electron chi connectivity index (χ0n) is 37.7. The lowest BCUT2D eigenvalue weighted by atomic mass is 9.86. The smallest absolute Gasteiger partial charge is 0.291 e. The van der Waals surface area contributed by atoms with Gasteiger partial charge < -0.3 is 42.2 Å². The summed E-state index contributed by atoms with van der Waals surface area (Å²) >= 11 is 0. The van der Waals surface area contributed by atoms with Gasteiger partial charge in [0.2, 0.25) is 35.0 Å². The zero-order valence-corrected chi connectivity index (χ0v) is 37.7. The molecular weight excluding hydrogens is 829 g/mol. The number of hydrogen-bond donors (Lipinski definition) is 0. The van der Waals surface area contributed by atoms with Crippen molar-refractivity contribution >= 4 is 17.7 Å². The maximum atomic E-state index is 12.7. The van der Waals surface area contributed by atoms with E-state index in [-0.39, 0.29) is 49.0 Å². The first kappa shape index (κ1) is 44.7.